The van der Waals surface area contributed by atoms with Gasteiger partial charge in [-0.2, -0.15) is 0 Å². The van der Waals surface area contributed by atoms with E-state index in [1.165, 1.54) is 0 Å². The fraction of sp³-hybridized carbons (Fsp3) is 0.400. The van der Waals surface area contributed by atoms with Crippen molar-refractivity contribution in [2.45, 2.75) is 6.04 Å². The summed E-state index contributed by atoms with van der Waals surface area (Å²) in [5, 5.41) is 4.55. The Morgan fingerprint density at radius 1 is 1.36 bits per heavy atom. The molecule has 2 rings (SSSR count). The van der Waals surface area contributed by atoms with Gasteiger partial charge in [0.2, 0.25) is 0 Å². The summed E-state index contributed by atoms with van der Waals surface area (Å²) in [6, 6.07) is 5.83. The Labute approximate surface area is 93.2 Å². The first-order valence-corrected chi connectivity index (χ1v) is 5.29. The van der Waals surface area contributed by atoms with Crippen molar-refractivity contribution >= 4 is 23.2 Å². The van der Waals surface area contributed by atoms with E-state index in [0.717, 1.165) is 18.7 Å². The van der Waals surface area contributed by atoms with E-state index in [1.54, 1.807) is 6.07 Å². The van der Waals surface area contributed by atoms with E-state index in [0.29, 0.717) is 16.7 Å². The monoisotopic (exact) mass is 231 g/mol. The van der Waals surface area contributed by atoms with Crippen LogP contribution < -0.4 is 5.32 Å². The Morgan fingerprint density at radius 2 is 2.21 bits per heavy atom. The largest absolute Gasteiger partial charge is 0.378 e. The lowest BCUT2D eigenvalue weighted by molar-refractivity contribution is 0.0769. The molecular formula is C10H11Cl2NO. The predicted molar refractivity (Wildman–Crippen MR) is 58.0 cm³/mol. The van der Waals surface area contributed by atoms with E-state index in [2.05, 4.69) is 5.32 Å². The van der Waals surface area contributed by atoms with Gasteiger partial charge in [-0.15, -0.1) is 0 Å². The minimum atomic E-state index is 0.162. The van der Waals surface area contributed by atoms with E-state index >= 15 is 0 Å². The second-order valence-electron chi connectivity index (χ2n) is 3.22. The fourth-order valence-corrected chi connectivity index (χ4v) is 1.99. The highest BCUT2D eigenvalue weighted by Crippen LogP contribution is 2.30. The molecule has 0 amide bonds. The van der Waals surface area contributed by atoms with Gasteiger partial charge >= 0.3 is 0 Å². The van der Waals surface area contributed by atoms with Gasteiger partial charge in [-0.1, -0.05) is 35.3 Å². The molecule has 1 heterocycles. The summed E-state index contributed by atoms with van der Waals surface area (Å²) in [5.74, 6) is 0. The zero-order valence-corrected chi connectivity index (χ0v) is 9.11. The number of hydrogen-bond donors (Lipinski definition) is 1. The minimum Gasteiger partial charge on any atom is -0.378 e. The molecule has 1 aliphatic heterocycles. The molecule has 1 aliphatic rings. The van der Waals surface area contributed by atoms with Crippen LogP contribution in [0.15, 0.2) is 18.2 Å². The number of morpholine rings is 1. The van der Waals surface area contributed by atoms with E-state index in [4.69, 9.17) is 27.9 Å². The summed E-state index contributed by atoms with van der Waals surface area (Å²) >= 11 is 12.0. The van der Waals surface area contributed by atoms with Crippen LogP contribution in [0.1, 0.15) is 11.6 Å². The van der Waals surface area contributed by atoms with Crippen molar-refractivity contribution in [1.29, 1.82) is 0 Å². The average Bonchev–Trinajstić information content (AvgIpc) is 2.23. The molecular weight excluding hydrogens is 221 g/mol. The lowest BCUT2D eigenvalue weighted by atomic mass is 10.1. The average molecular weight is 232 g/mol. The minimum absolute atomic E-state index is 0.162. The van der Waals surface area contributed by atoms with Crippen LogP contribution >= 0.6 is 23.2 Å². The highest BCUT2D eigenvalue weighted by Gasteiger charge is 2.18. The maximum absolute atomic E-state index is 6.10. The topological polar surface area (TPSA) is 21.3 Å². The van der Waals surface area contributed by atoms with Crippen LogP contribution in [0, 0.1) is 0 Å². The number of rotatable bonds is 1. The summed E-state index contributed by atoms with van der Waals surface area (Å²) in [6.07, 6.45) is 0. The molecule has 76 valence electrons. The molecule has 1 N–H and O–H groups in total. The zero-order valence-electron chi connectivity index (χ0n) is 7.59. The molecule has 1 aromatic carbocycles. The van der Waals surface area contributed by atoms with Gasteiger partial charge in [0.1, 0.15) is 0 Å². The van der Waals surface area contributed by atoms with Crippen LogP contribution in [-0.4, -0.2) is 19.8 Å². The number of benzene rings is 1. The first-order valence-electron chi connectivity index (χ1n) is 4.54. The molecule has 0 aromatic heterocycles. The quantitative estimate of drug-likeness (QED) is 0.803. The zero-order chi connectivity index (χ0) is 9.97. The van der Waals surface area contributed by atoms with E-state index in [-0.39, 0.29) is 6.04 Å². The molecule has 0 saturated carbocycles. The number of hydrogen-bond acceptors (Lipinski definition) is 2. The van der Waals surface area contributed by atoms with Crippen LogP contribution in [0.4, 0.5) is 0 Å². The molecule has 1 atom stereocenters. The van der Waals surface area contributed by atoms with Crippen molar-refractivity contribution in [3.63, 3.8) is 0 Å². The highest BCUT2D eigenvalue weighted by molar-refractivity contribution is 6.42. The second-order valence-corrected chi connectivity index (χ2v) is 4.01. The maximum Gasteiger partial charge on any atom is 0.0662 e. The van der Waals surface area contributed by atoms with Crippen molar-refractivity contribution in [1.82, 2.24) is 5.32 Å². The standard InChI is InChI=1S/C10H11Cl2NO/c11-8-3-1-2-7(10(8)12)9-6-14-5-4-13-9/h1-3,9,13H,4-6H2. The molecule has 1 fully saturated rings. The van der Waals surface area contributed by atoms with Crippen LogP contribution in [0.2, 0.25) is 10.0 Å². The molecule has 0 bridgehead atoms. The van der Waals surface area contributed by atoms with Gasteiger partial charge in [-0.05, 0) is 11.6 Å². The molecule has 1 aromatic rings. The van der Waals surface area contributed by atoms with Gasteiger partial charge < -0.3 is 10.1 Å². The van der Waals surface area contributed by atoms with Gasteiger partial charge in [0.25, 0.3) is 0 Å². The van der Waals surface area contributed by atoms with Gasteiger partial charge in [0.05, 0.1) is 29.3 Å². The van der Waals surface area contributed by atoms with Gasteiger partial charge in [-0.3, -0.25) is 0 Å². The summed E-state index contributed by atoms with van der Waals surface area (Å²) < 4.78 is 5.37. The molecule has 2 nitrogen and oxygen atoms in total. The first-order chi connectivity index (χ1) is 6.79. The molecule has 1 saturated heterocycles. The lowest BCUT2D eigenvalue weighted by Gasteiger charge is -2.25. The van der Waals surface area contributed by atoms with Crippen LogP contribution in [-0.2, 0) is 4.74 Å². The maximum atomic E-state index is 6.10. The number of ether oxygens (including phenoxy) is 1. The predicted octanol–water partition coefficient (Wildman–Crippen LogP) is 2.65. The molecule has 0 spiro atoms. The van der Waals surface area contributed by atoms with Gasteiger partial charge in [0, 0.05) is 6.54 Å². The van der Waals surface area contributed by atoms with Crippen molar-refractivity contribution in [3.05, 3.63) is 33.8 Å². The Balaban J connectivity index is 2.26. The Morgan fingerprint density at radius 3 is 2.93 bits per heavy atom. The number of nitrogens with one attached hydrogen (secondary N) is 1. The van der Waals surface area contributed by atoms with E-state index in [1.807, 2.05) is 12.1 Å². The van der Waals surface area contributed by atoms with Gasteiger partial charge in [-0.25, -0.2) is 0 Å². The number of halogens is 2. The Bertz CT molecular complexity index is 324. The Kier molecular flexibility index (Phi) is 3.29. The Hall–Kier alpha value is -0.280. The normalized spacial score (nSPS) is 22.3. The smallest absolute Gasteiger partial charge is 0.0662 e. The molecule has 4 heteroatoms. The van der Waals surface area contributed by atoms with Crippen molar-refractivity contribution in [3.8, 4) is 0 Å². The third kappa shape index (κ3) is 2.04. The summed E-state index contributed by atoms with van der Waals surface area (Å²) in [4.78, 5) is 0. The van der Waals surface area contributed by atoms with Gasteiger partial charge in [0.15, 0.2) is 0 Å². The third-order valence-corrected chi connectivity index (χ3v) is 3.11. The molecule has 0 radical (unpaired) electrons. The summed E-state index contributed by atoms with van der Waals surface area (Å²) in [5.41, 5.74) is 1.01. The van der Waals surface area contributed by atoms with E-state index in [9.17, 15) is 0 Å². The molecule has 1 unspecified atom stereocenters. The van der Waals surface area contributed by atoms with E-state index < -0.39 is 0 Å². The fourth-order valence-electron chi connectivity index (χ4n) is 1.55. The summed E-state index contributed by atoms with van der Waals surface area (Å²) in [7, 11) is 0. The van der Waals surface area contributed by atoms with Crippen LogP contribution in [0.5, 0.6) is 0 Å². The molecule has 0 aliphatic carbocycles. The lowest BCUT2D eigenvalue weighted by Crippen LogP contribution is -2.34. The highest BCUT2D eigenvalue weighted by atomic mass is 35.5. The van der Waals surface area contributed by atoms with Crippen molar-refractivity contribution in [2.75, 3.05) is 19.8 Å². The third-order valence-electron chi connectivity index (χ3n) is 2.28. The van der Waals surface area contributed by atoms with Crippen molar-refractivity contribution < 1.29 is 4.74 Å². The molecule has 14 heavy (non-hydrogen) atoms. The second kappa shape index (κ2) is 4.49. The first kappa shape index (κ1) is 10.2. The van der Waals surface area contributed by atoms with Crippen LogP contribution in [0.3, 0.4) is 0 Å². The van der Waals surface area contributed by atoms with Crippen LogP contribution in [0.25, 0.3) is 0 Å². The SMILES string of the molecule is Clc1cccc(C2COCCN2)c1Cl. The summed E-state index contributed by atoms with van der Waals surface area (Å²) in [6.45, 7) is 2.27. The van der Waals surface area contributed by atoms with Crippen molar-refractivity contribution in [2.24, 2.45) is 0 Å².